The number of nitrogens with zero attached hydrogens (tertiary/aromatic N) is 1. The summed E-state index contributed by atoms with van der Waals surface area (Å²) in [6.45, 7) is 6.97. The Morgan fingerprint density at radius 1 is 1.33 bits per heavy atom. The molecule has 0 radical (unpaired) electrons. The van der Waals surface area contributed by atoms with E-state index in [1.807, 2.05) is 6.92 Å². The Balaban J connectivity index is 0.00000162. The average Bonchev–Trinajstić information content (AvgIpc) is 2.32. The van der Waals surface area contributed by atoms with Crippen LogP contribution in [0.1, 0.15) is 25.5 Å². The van der Waals surface area contributed by atoms with E-state index in [0.29, 0.717) is 6.04 Å². The Morgan fingerprint density at radius 3 is 2.67 bits per heavy atom. The fraction of sp³-hybridized carbons (Fsp3) is 0.538. The molecule has 1 aliphatic rings. The van der Waals surface area contributed by atoms with Crippen LogP contribution >= 0.6 is 12.4 Å². The topological polar surface area (TPSA) is 15.3 Å². The van der Waals surface area contributed by atoms with Crippen LogP contribution < -0.4 is 5.32 Å². The van der Waals surface area contributed by atoms with Crippen molar-refractivity contribution in [1.29, 1.82) is 0 Å². The average molecular weight is 277 g/mol. The van der Waals surface area contributed by atoms with Crippen molar-refractivity contribution >= 4 is 12.4 Å². The summed E-state index contributed by atoms with van der Waals surface area (Å²) in [4.78, 5) is 2.29. The van der Waals surface area contributed by atoms with Crippen molar-refractivity contribution in [3.8, 4) is 0 Å². The summed E-state index contributed by atoms with van der Waals surface area (Å²) >= 11 is 0. The molecule has 0 aliphatic carbocycles. The van der Waals surface area contributed by atoms with Crippen LogP contribution in [0.5, 0.6) is 0 Å². The lowest BCUT2D eigenvalue weighted by molar-refractivity contribution is 0.158. The summed E-state index contributed by atoms with van der Waals surface area (Å²) in [6.07, 6.45) is 0. The molecule has 0 saturated carbocycles. The van der Waals surface area contributed by atoms with Crippen LogP contribution in [0.25, 0.3) is 0 Å². The zero-order valence-corrected chi connectivity index (χ0v) is 11.4. The lowest BCUT2D eigenvalue weighted by atomic mass is 10.0. The smallest absolute Gasteiger partial charge is 0.159 e. The Labute approximate surface area is 113 Å². The normalized spacial score (nSPS) is 22.3. The van der Waals surface area contributed by atoms with Gasteiger partial charge in [-0.1, -0.05) is 6.07 Å². The predicted molar refractivity (Wildman–Crippen MR) is 71.1 cm³/mol. The van der Waals surface area contributed by atoms with Gasteiger partial charge in [-0.05, 0) is 31.5 Å². The molecule has 0 aromatic heterocycles. The molecular formula is C13H19ClF2N2. The molecule has 1 aromatic rings. The van der Waals surface area contributed by atoms with Gasteiger partial charge in [0.25, 0.3) is 0 Å². The van der Waals surface area contributed by atoms with E-state index in [9.17, 15) is 8.78 Å². The van der Waals surface area contributed by atoms with Crippen molar-refractivity contribution in [3.05, 3.63) is 35.4 Å². The fourth-order valence-electron chi connectivity index (χ4n) is 2.30. The molecule has 2 unspecified atom stereocenters. The lowest BCUT2D eigenvalue weighted by Crippen LogP contribution is -2.49. The third-order valence-corrected chi connectivity index (χ3v) is 3.37. The summed E-state index contributed by atoms with van der Waals surface area (Å²) in [6, 6.07) is 4.72. The summed E-state index contributed by atoms with van der Waals surface area (Å²) in [5.41, 5.74) is 0.831. The van der Waals surface area contributed by atoms with E-state index in [1.165, 1.54) is 12.1 Å². The maximum atomic E-state index is 13.2. The molecule has 1 saturated heterocycles. The molecule has 1 N–H and O–H groups in total. The first-order valence-electron chi connectivity index (χ1n) is 6.00. The number of piperazine rings is 1. The van der Waals surface area contributed by atoms with Crippen molar-refractivity contribution < 1.29 is 8.78 Å². The number of rotatable bonds is 2. The third-order valence-electron chi connectivity index (χ3n) is 3.37. The number of halogens is 3. The van der Waals surface area contributed by atoms with E-state index in [2.05, 4.69) is 17.1 Å². The largest absolute Gasteiger partial charge is 0.312 e. The highest BCUT2D eigenvalue weighted by Crippen LogP contribution is 2.22. The minimum atomic E-state index is -0.783. The molecule has 2 atom stereocenters. The highest BCUT2D eigenvalue weighted by Gasteiger charge is 2.22. The second-order valence-electron chi connectivity index (χ2n) is 4.70. The molecule has 1 heterocycles. The molecule has 5 heteroatoms. The quantitative estimate of drug-likeness (QED) is 0.894. The van der Waals surface area contributed by atoms with Gasteiger partial charge < -0.3 is 5.32 Å². The van der Waals surface area contributed by atoms with Crippen LogP contribution in [0.3, 0.4) is 0 Å². The van der Waals surface area contributed by atoms with Crippen molar-refractivity contribution in [1.82, 2.24) is 10.2 Å². The van der Waals surface area contributed by atoms with Crippen molar-refractivity contribution in [2.75, 3.05) is 19.6 Å². The van der Waals surface area contributed by atoms with E-state index in [1.54, 1.807) is 6.07 Å². The van der Waals surface area contributed by atoms with Gasteiger partial charge in [-0.2, -0.15) is 0 Å². The molecule has 18 heavy (non-hydrogen) atoms. The van der Waals surface area contributed by atoms with Gasteiger partial charge in [-0.15, -0.1) is 12.4 Å². The molecule has 1 aromatic carbocycles. The lowest BCUT2D eigenvalue weighted by Gasteiger charge is -2.36. The zero-order chi connectivity index (χ0) is 12.4. The molecule has 0 amide bonds. The number of hydrogen-bond acceptors (Lipinski definition) is 2. The van der Waals surface area contributed by atoms with E-state index >= 15 is 0 Å². The van der Waals surface area contributed by atoms with E-state index in [-0.39, 0.29) is 18.4 Å². The second-order valence-corrected chi connectivity index (χ2v) is 4.70. The molecule has 0 spiro atoms. The van der Waals surface area contributed by atoms with Gasteiger partial charge in [-0.3, -0.25) is 4.90 Å². The SMILES string of the molecule is CC1CN(C(C)c2ccc(F)c(F)c2)CCN1.Cl. The van der Waals surface area contributed by atoms with Gasteiger partial charge in [0.15, 0.2) is 11.6 Å². The van der Waals surface area contributed by atoms with Crippen molar-refractivity contribution in [3.63, 3.8) is 0 Å². The molecule has 2 rings (SSSR count). The predicted octanol–water partition coefficient (Wildman–Crippen LogP) is 2.74. The minimum absolute atomic E-state index is 0. The van der Waals surface area contributed by atoms with Gasteiger partial charge in [0.1, 0.15) is 0 Å². The van der Waals surface area contributed by atoms with Crippen LogP contribution in [0, 0.1) is 11.6 Å². The Bertz CT molecular complexity index is 401. The monoisotopic (exact) mass is 276 g/mol. The standard InChI is InChI=1S/C13H18F2N2.ClH/c1-9-8-17(6-5-16-9)10(2)11-3-4-12(14)13(15)7-11;/h3-4,7,9-10,16H,5-6,8H2,1-2H3;1H. The molecule has 0 bridgehead atoms. The van der Waals surface area contributed by atoms with Gasteiger partial charge in [0.2, 0.25) is 0 Å². The van der Waals surface area contributed by atoms with Crippen LogP contribution in [0.4, 0.5) is 8.78 Å². The molecular weight excluding hydrogens is 258 g/mol. The Morgan fingerprint density at radius 2 is 2.06 bits per heavy atom. The first-order chi connectivity index (χ1) is 8.08. The number of nitrogens with one attached hydrogen (secondary N) is 1. The van der Waals surface area contributed by atoms with E-state index in [0.717, 1.165) is 25.2 Å². The molecule has 1 aliphatic heterocycles. The van der Waals surface area contributed by atoms with Gasteiger partial charge in [0.05, 0.1) is 0 Å². The van der Waals surface area contributed by atoms with Crippen LogP contribution in [-0.4, -0.2) is 30.6 Å². The number of benzene rings is 1. The molecule has 1 fully saturated rings. The third kappa shape index (κ3) is 3.40. The maximum Gasteiger partial charge on any atom is 0.159 e. The summed E-state index contributed by atoms with van der Waals surface area (Å²) in [5, 5.41) is 3.36. The minimum Gasteiger partial charge on any atom is -0.312 e. The first-order valence-corrected chi connectivity index (χ1v) is 6.00. The van der Waals surface area contributed by atoms with Crippen LogP contribution in [0.2, 0.25) is 0 Å². The summed E-state index contributed by atoms with van der Waals surface area (Å²) < 4.78 is 26.0. The maximum absolute atomic E-state index is 13.2. The molecule has 2 nitrogen and oxygen atoms in total. The van der Waals surface area contributed by atoms with E-state index < -0.39 is 11.6 Å². The number of hydrogen-bond donors (Lipinski definition) is 1. The van der Waals surface area contributed by atoms with Gasteiger partial charge in [-0.25, -0.2) is 8.78 Å². The van der Waals surface area contributed by atoms with Crippen LogP contribution in [-0.2, 0) is 0 Å². The Kier molecular flexibility index (Phi) is 5.50. The van der Waals surface area contributed by atoms with Gasteiger partial charge >= 0.3 is 0 Å². The van der Waals surface area contributed by atoms with Gasteiger partial charge in [0, 0.05) is 31.7 Å². The first kappa shape index (κ1) is 15.3. The Hall–Kier alpha value is -0.710. The van der Waals surface area contributed by atoms with Crippen molar-refractivity contribution in [2.24, 2.45) is 0 Å². The highest BCUT2D eigenvalue weighted by atomic mass is 35.5. The zero-order valence-electron chi connectivity index (χ0n) is 10.6. The van der Waals surface area contributed by atoms with Crippen molar-refractivity contribution in [2.45, 2.75) is 25.9 Å². The summed E-state index contributed by atoms with van der Waals surface area (Å²) in [5.74, 6) is -1.55. The van der Waals surface area contributed by atoms with E-state index in [4.69, 9.17) is 0 Å². The highest BCUT2D eigenvalue weighted by molar-refractivity contribution is 5.85. The van der Waals surface area contributed by atoms with Crippen LogP contribution in [0.15, 0.2) is 18.2 Å². The summed E-state index contributed by atoms with van der Waals surface area (Å²) in [7, 11) is 0. The fourth-order valence-corrected chi connectivity index (χ4v) is 2.30. The second kappa shape index (κ2) is 6.45. The molecule has 102 valence electrons.